The Balaban J connectivity index is 1.46. The molecule has 2 aromatic heterocycles. The molecule has 2 aliphatic rings. The van der Waals surface area contributed by atoms with E-state index in [1.165, 1.54) is 11.3 Å². The van der Waals surface area contributed by atoms with Gasteiger partial charge in [0, 0.05) is 36.0 Å². The normalized spacial score (nSPS) is 22.4. The van der Waals surface area contributed by atoms with Crippen molar-refractivity contribution in [2.24, 2.45) is 0 Å². The molecular weight excluding hydrogens is 300 g/mol. The first-order chi connectivity index (χ1) is 11.8. The second kappa shape index (κ2) is 5.16. The number of nitrogens with one attached hydrogen (secondary N) is 1. The number of carbonyl (C=O) groups excluding carboxylic acids is 1. The van der Waals surface area contributed by atoms with Gasteiger partial charge in [0.2, 0.25) is 0 Å². The highest BCUT2D eigenvalue weighted by atomic mass is 16.2. The lowest BCUT2D eigenvalue weighted by atomic mass is 9.78. The second-order valence-electron chi connectivity index (χ2n) is 6.76. The summed E-state index contributed by atoms with van der Waals surface area (Å²) in [6, 6.07) is 10.1. The van der Waals surface area contributed by atoms with Crippen LogP contribution in [0.5, 0.6) is 0 Å². The van der Waals surface area contributed by atoms with Crippen LogP contribution < -0.4 is 0 Å². The van der Waals surface area contributed by atoms with E-state index in [2.05, 4.69) is 25.9 Å². The molecule has 1 unspecified atom stereocenters. The van der Waals surface area contributed by atoms with E-state index in [0.29, 0.717) is 5.92 Å². The molecule has 2 atom stereocenters. The Kier molecular flexibility index (Phi) is 2.95. The van der Waals surface area contributed by atoms with Crippen LogP contribution in [0, 0.1) is 0 Å². The maximum Gasteiger partial charge on any atom is 0.254 e. The summed E-state index contributed by atoms with van der Waals surface area (Å²) < 4.78 is 0. The monoisotopic (exact) mass is 318 g/mol. The SMILES string of the molecule is O=C(c1ccc2nc[nH]c2c1)N1CCC2C[C@H]1Cc1cccnc12. The van der Waals surface area contributed by atoms with Crippen molar-refractivity contribution in [2.75, 3.05) is 6.54 Å². The van der Waals surface area contributed by atoms with E-state index < -0.39 is 0 Å². The summed E-state index contributed by atoms with van der Waals surface area (Å²) in [6.07, 6.45) is 6.49. The summed E-state index contributed by atoms with van der Waals surface area (Å²) in [6.45, 7) is 0.811. The Labute approximate surface area is 139 Å². The van der Waals surface area contributed by atoms with E-state index in [1.54, 1.807) is 6.33 Å². The molecule has 1 saturated heterocycles. The first-order valence-corrected chi connectivity index (χ1v) is 8.47. The number of pyridine rings is 1. The fourth-order valence-corrected chi connectivity index (χ4v) is 4.24. The number of H-pyrrole nitrogens is 1. The van der Waals surface area contributed by atoms with Crippen molar-refractivity contribution in [1.82, 2.24) is 19.9 Å². The first kappa shape index (κ1) is 13.7. The molecule has 1 aliphatic carbocycles. The molecule has 3 aromatic rings. The van der Waals surface area contributed by atoms with Gasteiger partial charge in [-0.3, -0.25) is 9.78 Å². The van der Waals surface area contributed by atoms with Gasteiger partial charge in [-0.05, 0) is 49.1 Å². The number of imidazole rings is 1. The number of likely N-dealkylation sites (tertiary alicyclic amines) is 1. The average Bonchev–Trinajstić information content (AvgIpc) is 3.09. The summed E-state index contributed by atoms with van der Waals surface area (Å²) in [5.41, 5.74) is 5.10. The van der Waals surface area contributed by atoms with Crippen LogP contribution in [-0.4, -0.2) is 38.3 Å². The number of hydrogen-bond acceptors (Lipinski definition) is 3. The third-order valence-corrected chi connectivity index (χ3v) is 5.41. The van der Waals surface area contributed by atoms with E-state index >= 15 is 0 Å². The lowest BCUT2D eigenvalue weighted by Crippen LogP contribution is -2.49. The quantitative estimate of drug-likeness (QED) is 0.750. The third-order valence-electron chi connectivity index (χ3n) is 5.41. The first-order valence-electron chi connectivity index (χ1n) is 8.47. The molecule has 1 aromatic carbocycles. The number of aromatic amines is 1. The van der Waals surface area contributed by atoms with Crippen LogP contribution in [0.25, 0.3) is 11.0 Å². The fraction of sp³-hybridized carbons (Fsp3) is 0.316. The molecule has 5 rings (SSSR count). The number of nitrogens with zero attached hydrogens (tertiary/aromatic N) is 3. The molecule has 3 heterocycles. The van der Waals surface area contributed by atoms with Gasteiger partial charge in [0.25, 0.3) is 5.91 Å². The smallest absolute Gasteiger partial charge is 0.254 e. The predicted molar refractivity (Wildman–Crippen MR) is 90.8 cm³/mol. The molecule has 1 fully saturated rings. The number of carbonyl (C=O) groups is 1. The van der Waals surface area contributed by atoms with Crippen molar-refractivity contribution >= 4 is 16.9 Å². The molecule has 5 heteroatoms. The number of aromatic nitrogens is 3. The van der Waals surface area contributed by atoms with Gasteiger partial charge in [-0.1, -0.05) is 6.07 Å². The van der Waals surface area contributed by atoms with E-state index in [1.807, 2.05) is 30.5 Å². The highest BCUT2D eigenvalue weighted by Crippen LogP contribution is 2.39. The van der Waals surface area contributed by atoms with Gasteiger partial charge in [-0.15, -0.1) is 0 Å². The van der Waals surface area contributed by atoms with Crippen molar-refractivity contribution < 1.29 is 4.79 Å². The van der Waals surface area contributed by atoms with Gasteiger partial charge >= 0.3 is 0 Å². The number of rotatable bonds is 1. The molecule has 5 nitrogen and oxygen atoms in total. The standard InChI is InChI=1S/C19H18N4O/c24-19(14-3-4-16-17(10-14)22-11-21-16)23-7-5-13-9-15(23)8-12-2-1-6-20-18(12)13/h1-4,6,10-11,13,15H,5,7-9H2,(H,21,22)/t13?,15-/m1/s1. The summed E-state index contributed by atoms with van der Waals surface area (Å²) in [4.78, 5) is 27.0. The van der Waals surface area contributed by atoms with Crippen molar-refractivity contribution in [3.63, 3.8) is 0 Å². The van der Waals surface area contributed by atoms with Crippen LogP contribution in [0.3, 0.4) is 0 Å². The Morgan fingerprint density at radius 3 is 3.17 bits per heavy atom. The number of fused-ring (bicyclic) bond motifs is 5. The van der Waals surface area contributed by atoms with E-state index in [-0.39, 0.29) is 11.9 Å². The molecule has 2 bridgehead atoms. The zero-order valence-corrected chi connectivity index (χ0v) is 13.3. The molecule has 0 radical (unpaired) electrons. The topological polar surface area (TPSA) is 61.9 Å². The minimum absolute atomic E-state index is 0.127. The third kappa shape index (κ3) is 2.04. The van der Waals surface area contributed by atoms with E-state index in [0.717, 1.165) is 42.4 Å². The predicted octanol–water partition coefficient (Wildman–Crippen LogP) is 2.90. The van der Waals surface area contributed by atoms with Gasteiger partial charge in [0.1, 0.15) is 0 Å². The summed E-state index contributed by atoms with van der Waals surface area (Å²) >= 11 is 0. The van der Waals surface area contributed by atoms with Crippen molar-refractivity contribution in [3.8, 4) is 0 Å². The van der Waals surface area contributed by atoms with Crippen molar-refractivity contribution in [1.29, 1.82) is 0 Å². The minimum atomic E-state index is 0.127. The van der Waals surface area contributed by atoms with Gasteiger partial charge in [-0.25, -0.2) is 4.98 Å². The molecule has 1 amide bonds. The van der Waals surface area contributed by atoms with Crippen LogP contribution in [0.4, 0.5) is 0 Å². The Hall–Kier alpha value is -2.69. The van der Waals surface area contributed by atoms with Gasteiger partial charge in [-0.2, -0.15) is 0 Å². The summed E-state index contributed by atoms with van der Waals surface area (Å²) in [7, 11) is 0. The van der Waals surface area contributed by atoms with E-state index in [9.17, 15) is 4.79 Å². The van der Waals surface area contributed by atoms with Crippen molar-refractivity contribution in [2.45, 2.75) is 31.2 Å². The lowest BCUT2D eigenvalue weighted by molar-refractivity contribution is 0.0571. The molecule has 24 heavy (non-hydrogen) atoms. The van der Waals surface area contributed by atoms with Crippen LogP contribution in [0.1, 0.15) is 40.4 Å². The van der Waals surface area contributed by atoms with Crippen LogP contribution in [-0.2, 0) is 6.42 Å². The number of hydrogen-bond donors (Lipinski definition) is 1. The number of benzene rings is 1. The highest BCUT2D eigenvalue weighted by molar-refractivity contribution is 5.97. The Morgan fingerprint density at radius 1 is 1.25 bits per heavy atom. The van der Waals surface area contributed by atoms with Gasteiger partial charge < -0.3 is 9.88 Å². The van der Waals surface area contributed by atoms with Crippen LogP contribution in [0.2, 0.25) is 0 Å². The molecule has 0 spiro atoms. The van der Waals surface area contributed by atoms with Gasteiger partial charge in [0.15, 0.2) is 0 Å². The van der Waals surface area contributed by atoms with Crippen LogP contribution in [0.15, 0.2) is 42.9 Å². The van der Waals surface area contributed by atoms with E-state index in [4.69, 9.17) is 0 Å². The highest BCUT2D eigenvalue weighted by Gasteiger charge is 2.37. The Morgan fingerprint density at radius 2 is 2.21 bits per heavy atom. The van der Waals surface area contributed by atoms with Crippen LogP contribution >= 0.6 is 0 Å². The summed E-state index contributed by atoms with van der Waals surface area (Å²) in [5.74, 6) is 0.626. The number of piperidine rings is 1. The molecule has 1 aliphatic heterocycles. The lowest BCUT2D eigenvalue weighted by Gasteiger charge is -2.43. The molecule has 120 valence electrons. The van der Waals surface area contributed by atoms with Gasteiger partial charge in [0.05, 0.1) is 17.4 Å². The Bertz CT molecular complexity index is 932. The second-order valence-corrected chi connectivity index (χ2v) is 6.76. The fourth-order valence-electron chi connectivity index (χ4n) is 4.24. The molecule has 0 saturated carbocycles. The zero-order chi connectivity index (χ0) is 16.1. The number of amides is 1. The average molecular weight is 318 g/mol. The van der Waals surface area contributed by atoms with Crippen molar-refractivity contribution in [3.05, 3.63) is 59.7 Å². The maximum absolute atomic E-state index is 13.1. The minimum Gasteiger partial charge on any atom is -0.345 e. The molecular formula is C19H18N4O. The zero-order valence-electron chi connectivity index (χ0n) is 13.3. The molecule has 1 N–H and O–H groups in total. The summed E-state index contributed by atoms with van der Waals surface area (Å²) in [5, 5.41) is 0. The largest absolute Gasteiger partial charge is 0.345 e. The maximum atomic E-state index is 13.1.